The van der Waals surface area contributed by atoms with Crippen LogP contribution in [0.4, 0.5) is 4.39 Å². The molecule has 1 aromatic carbocycles. The van der Waals surface area contributed by atoms with E-state index in [9.17, 15) is 4.39 Å². The fourth-order valence-electron chi connectivity index (χ4n) is 2.83. The molecule has 2 nitrogen and oxygen atoms in total. The quantitative estimate of drug-likeness (QED) is 0.811. The van der Waals surface area contributed by atoms with Crippen LogP contribution in [0, 0.1) is 11.7 Å². The van der Waals surface area contributed by atoms with Crippen LogP contribution in [0.1, 0.15) is 24.9 Å². The highest BCUT2D eigenvalue weighted by atomic mass is 19.1. The zero-order valence-electron chi connectivity index (χ0n) is 11.6. The molecule has 0 N–H and O–H groups in total. The van der Waals surface area contributed by atoms with E-state index in [0.29, 0.717) is 6.04 Å². The van der Waals surface area contributed by atoms with Gasteiger partial charge in [0.2, 0.25) is 0 Å². The first-order chi connectivity index (χ1) is 8.56. The maximum atomic E-state index is 12.9. The predicted molar refractivity (Wildman–Crippen MR) is 73.0 cm³/mol. The summed E-state index contributed by atoms with van der Waals surface area (Å²) in [4.78, 5) is 4.76. The summed E-state index contributed by atoms with van der Waals surface area (Å²) in [6.45, 7) is 5.67. The van der Waals surface area contributed by atoms with Gasteiger partial charge in [0.15, 0.2) is 0 Å². The van der Waals surface area contributed by atoms with Crippen molar-refractivity contribution >= 4 is 0 Å². The highest BCUT2D eigenvalue weighted by Gasteiger charge is 2.26. The van der Waals surface area contributed by atoms with Gasteiger partial charge in [-0.05, 0) is 57.6 Å². The second kappa shape index (κ2) is 5.81. The molecule has 0 saturated carbocycles. The fraction of sp³-hybridized carbons (Fsp3) is 0.600. The average Bonchev–Trinajstić information content (AvgIpc) is 2.76. The van der Waals surface area contributed by atoms with Gasteiger partial charge in [0, 0.05) is 19.1 Å². The third-order valence-electron chi connectivity index (χ3n) is 3.84. The molecular weight excluding hydrogens is 227 g/mol. The van der Waals surface area contributed by atoms with E-state index in [-0.39, 0.29) is 5.82 Å². The molecule has 1 aliphatic rings. The van der Waals surface area contributed by atoms with Crippen LogP contribution < -0.4 is 0 Å². The molecule has 0 bridgehead atoms. The second-order valence-corrected chi connectivity index (χ2v) is 5.64. The van der Waals surface area contributed by atoms with E-state index in [1.54, 1.807) is 12.1 Å². The van der Waals surface area contributed by atoms with Crippen molar-refractivity contribution in [2.24, 2.45) is 5.92 Å². The third-order valence-corrected chi connectivity index (χ3v) is 3.84. The van der Waals surface area contributed by atoms with Crippen molar-refractivity contribution in [3.63, 3.8) is 0 Å². The molecule has 0 aromatic heterocycles. The monoisotopic (exact) mass is 250 g/mol. The Kier molecular flexibility index (Phi) is 4.36. The first kappa shape index (κ1) is 13.5. The van der Waals surface area contributed by atoms with Crippen LogP contribution >= 0.6 is 0 Å². The molecule has 0 spiro atoms. The van der Waals surface area contributed by atoms with Gasteiger partial charge in [0.25, 0.3) is 0 Å². The summed E-state index contributed by atoms with van der Waals surface area (Å²) in [5.41, 5.74) is 1.21. The van der Waals surface area contributed by atoms with Crippen molar-refractivity contribution in [3.05, 3.63) is 35.6 Å². The first-order valence-electron chi connectivity index (χ1n) is 6.70. The lowest BCUT2D eigenvalue weighted by Gasteiger charge is -2.25. The standard InChI is InChI=1S/C15H23FN2/c1-12(14-4-6-15(16)7-5-14)18-9-8-13(11-18)10-17(2)3/h4-7,12-13H,8-11H2,1-3H3/t12-,13+/m1/s1. The zero-order chi connectivity index (χ0) is 13.1. The van der Waals surface area contributed by atoms with E-state index in [2.05, 4.69) is 30.8 Å². The van der Waals surface area contributed by atoms with Crippen LogP contribution in [0.15, 0.2) is 24.3 Å². The van der Waals surface area contributed by atoms with Crippen molar-refractivity contribution in [1.29, 1.82) is 0 Å². The molecular formula is C15H23FN2. The molecule has 2 atom stereocenters. The van der Waals surface area contributed by atoms with E-state index in [4.69, 9.17) is 0 Å². The van der Waals surface area contributed by atoms with Gasteiger partial charge in [0.1, 0.15) is 5.82 Å². The molecule has 1 aromatic rings. The van der Waals surface area contributed by atoms with Gasteiger partial charge in [-0.3, -0.25) is 4.90 Å². The van der Waals surface area contributed by atoms with Crippen molar-refractivity contribution in [2.45, 2.75) is 19.4 Å². The topological polar surface area (TPSA) is 6.48 Å². The molecule has 0 amide bonds. The molecule has 0 aliphatic carbocycles. The summed E-state index contributed by atoms with van der Waals surface area (Å²) in [7, 11) is 4.26. The summed E-state index contributed by atoms with van der Waals surface area (Å²) >= 11 is 0. The molecule has 2 rings (SSSR count). The number of likely N-dealkylation sites (tertiary alicyclic amines) is 1. The van der Waals surface area contributed by atoms with Gasteiger partial charge in [-0.15, -0.1) is 0 Å². The predicted octanol–water partition coefficient (Wildman–Crippen LogP) is 2.77. The molecule has 1 heterocycles. The van der Waals surface area contributed by atoms with Crippen LogP contribution in [-0.4, -0.2) is 43.5 Å². The van der Waals surface area contributed by atoms with Gasteiger partial charge in [-0.2, -0.15) is 0 Å². The largest absolute Gasteiger partial charge is 0.309 e. The van der Waals surface area contributed by atoms with E-state index in [1.807, 2.05) is 12.1 Å². The lowest BCUT2D eigenvalue weighted by Crippen LogP contribution is -2.27. The normalized spacial score (nSPS) is 22.6. The molecule has 0 radical (unpaired) electrons. The molecule has 0 unspecified atom stereocenters. The van der Waals surface area contributed by atoms with E-state index < -0.39 is 0 Å². The maximum Gasteiger partial charge on any atom is 0.123 e. The molecule has 3 heteroatoms. The summed E-state index contributed by atoms with van der Waals surface area (Å²) in [6, 6.07) is 7.30. The van der Waals surface area contributed by atoms with Crippen molar-refractivity contribution in [3.8, 4) is 0 Å². The number of hydrogen-bond acceptors (Lipinski definition) is 2. The maximum absolute atomic E-state index is 12.9. The van der Waals surface area contributed by atoms with Gasteiger partial charge < -0.3 is 4.90 Å². The first-order valence-corrected chi connectivity index (χ1v) is 6.70. The number of nitrogens with zero attached hydrogens (tertiary/aromatic N) is 2. The Bertz CT molecular complexity index is 375. The lowest BCUT2D eigenvalue weighted by molar-refractivity contribution is 0.240. The van der Waals surface area contributed by atoms with Gasteiger partial charge in [-0.1, -0.05) is 12.1 Å². The Labute approximate surface area is 109 Å². The molecule has 18 heavy (non-hydrogen) atoms. The Morgan fingerprint density at radius 1 is 1.33 bits per heavy atom. The Morgan fingerprint density at radius 2 is 2.00 bits per heavy atom. The minimum Gasteiger partial charge on any atom is -0.309 e. The minimum atomic E-state index is -0.155. The zero-order valence-corrected chi connectivity index (χ0v) is 11.6. The van der Waals surface area contributed by atoms with Crippen LogP contribution in [0.2, 0.25) is 0 Å². The molecule has 1 saturated heterocycles. The van der Waals surface area contributed by atoms with E-state index in [0.717, 1.165) is 25.6 Å². The smallest absolute Gasteiger partial charge is 0.123 e. The Hall–Kier alpha value is -0.930. The highest BCUT2D eigenvalue weighted by molar-refractivity contribution is 5.19. The number of hydrogen-bond donors (Lipinski definition) is 0. The Balaban J connectivity index is 1.94. The second-order valence-electron chi connectivity index (χ2n) is 5.64. The van der Waals surface area contributed by atoms with Crippen LogP contribution in [0.25, 0.3) is 0 Å². The van der Waals surface area contributed by atoms with E-state index >= 15 is 0 Å². The summed E-state index contributed by atoms with van der Waals surface area (Å²) in [5, 5.41) is 0. The van der Waals surface area contributed by atoms with E-state index in [1.165, 1.54) is 12.0 Å². The minimum absolute atomic E-state index is 0.155. The average molecular weight is 250 g/mol. The Morgan fingerprint density at radius 3 is 2.61 bits per heavy atom. The third kappa shape index (κ3) is 3.30. The van der Waals surface area contributed by atoms with Crippen LogP contribution in [0.3, 0.4) is 0 Å². The lowest BCUT2D eigenvalue weighted by atomic mass is 10.1. The van der Waals surface area contributed by atoms with Crippen molar-refractivity contribution in [2.75, 3.05) is 33.7 Å². The van der Waals surface area contributed by atoms with Gasteiger partial charge >= 0.3 is 0 Å². The number of benzene rings is 1. The molecule has 1 aliphatic heterocycles. The molecule has 100 valence electrons. The van der Waals surface area contributed by atoms with Gasteiger partial charge in [-0.25, -0.2) is 4.39 Å². The fourth-order valence-corrected chi connectivity index (χ4v) is 2.83. The SMILES string of the molecule is C[C@H](c1ccc(F)cc1)N1CC[C@@H](CN(C)C)C1. The van der Waals surface area contributed by atoms with Crippen LogP contribution in [0.5, 0.6) is 0 Å². The number of rotatable bonds is 4. The van der Waals surface area contributed by atoms with Gasteiger partial charge in [0.05, 0.1) is 0 Å². The number of halogens is 1. The highest BCUT2D eigenvalue weighted by Crippen LogP contribution is 2.27. The summed E-state index contributed by atoms with van der Waals surface area (Å²) in [5.74, 6) is 0.612. The van der Waals surface area contributed by atoms with Crippen molar-refractivity contribution in [1.82, 2.24) is 9.80 Å². The molecule has 1 fully saturated rings. The summed E-state index contributed by atoms with van der Waals surface area (Å²) in [6.07, 6.45) is 1.27. The van der Waals surface area contributed by atoms with Crippen LogP contribution in [-0.2, 0) is 0 Å². The summed E-state index contributed by atoms with van der Waals surface area (Å²) < 4.78 is 12.9. The van der Waals surface area contributed by atoms with Crippen molar-refractivity contribution < 1.29 is 4.39 Å².